The van der Waals surface area contributed by atoms with Gasteiger partial charge in [-0.1, -0.05) is 5.92 Å². The van der Waals surface area contributed by atoms with Crippen molar-refractivity contribution in [3.05, 3.63) is 0 Å². The van der Waals surface area contributed by atoms with Crippen LogP contribution in [0, 0.1) is 12.3 Å². The SMILES string of the molecule is C#C[C@H](O)CCC(=O)OCC. The van der Waals surface area contributed by atoms with E-state index in [4.69, 9.17) is 11.5 Å². The van der Waals surface area contributed by atoms with Crippen molar-refractivity contribution in [3.63, 3.8) is 0 Å². The van der Waals surface area contributed by atoms with Crippen molar-refractivity contribution in [3.8, 4) is 12.3 Å². The zero-order valence-corrected chi connectivity index (χ0v) is 6.54. The van der Waals surface area contributed by atoms with E-state index in [1.807, 2.05) is 0 Å². The second-order valence-electron chi connectivity index (χ2n) is 2.03. The van der Waals surface area contributed by atoms with Gasteiger partial charge < -0.3 is 9.84 Å². The predicted octanol–water partition coefficient (Wildman–Crippen LogP) is 0.324. The molecular formula is C8H12O3. The summed E-state index contributed by atoms with van der Waals surface area (Å²) in [6.07, 6.45) is 4.50. The summed E-state index contributed by atoms with van der Waals surface area (Å²) in [6, 6.07) is 0. The first-order valence-electron chi connectivity index (χ1n) is 3.50. The van der Waals surface area contributed by atoms with Gasteiger partial charge in [-0.3, -0.25) is 4.79 Å². The van der Waals surface area contributed by atoms with Gasteiger partial charge in [0.15, 0.2) is 0 Å². The Balaban J connectivity index is 3.39. The van der Waals surface area contributed by atoms with Gasteiger partial charge >= 0.3 is 5.97 Å². The Hall–Kier alpha value is -1.01. The van der Waals surface area contributed by atoms with Crippen LogP contribution in [0.2, 0.25) is 0 Å². The Morgan fingerprint density at radius 2 is 2.45 bits per heavy atom. The Morgan fingerprint density at radius 1 is 1.82 bits per heavy atom. The predicted molar refractivity (Wildman–Crippen MR) is 40.7 cm³/mol. The van der Waals surface area contributed by atoms with Gasteiger partial charge in [0.05, 0.1) is 6.61 Å². The van der Waals surface area contributed by atoms with Crippen LogP contribution in [0.3, 0.4) is 0 Å². The molecule has 0 heterocycles. The summed E-state index contributed by atoms with van der Waals surface area (Å²) >= 11 is 0. The monoisotopic (exact) mass is 156 g/mol. The summed E-state index contributed by atoms with van der Waals surface area (Å²) in [6.45, 7) is 2.10. The van der Waals surface area contributed by atoms with E-state index in [0.717, 1.165) is 0 Å². The number of aliphatic hydroxyl groups excluding tert-OH is 1. The standard InChI is InChI=1S/C8H12O3/c1-3-7(9)5-6-8(10)11-4-2/h1,7,9H,4-6H2,2H3/t7-/m0/s1. The van der Waals surface area contributed by atoms with E-state index in [1.165, 1.54) is 0 Å². The van der Waals surface area contributed by atoms with Crippen LogP contribution in [-0.2, 0) is 9.53 Å². The van der Waals surface area contributed by atoms with Crippen LogP contribution < -0.4 is 0 Å². The maximum absolute atomic E-state index is 10.7. The first-order chi connectivity index (χ1) is 5.20. The van der Waals surface area contributed by atoms with Crippen molar-refractivity contribution in [1.29, 1.82) is 0 Å². The van der Waals surface area contributed by atoms with Gasteiger partial charge in [0.1, 0.15) is 6.10 Å². The minimum absolute atomic E-state index is 0.180. The highest BCUT2D eigenvalue weighted by molar-refractivity contribution is 5.69. The zero-order valence-electron chi connectivity index (χ0n) is 6.54. The van der Waals surface area contributed by atoms with E-state index < -0.39 is 6.10 Å². The molecule has 0 unspecified atom stereocenters. The van der Waals surface area contributed by atoms with E-state index in [2.05, 4.69) is 10.7 Å². The number of terminal acetylenes is 1. The van der Waals surface area contributed by atoms with Crippen molar-refractivity contribution in [1.82, 2.24) is 0 Å². The molecule has 0 aromatic carbocycles. The third-order valence-electron chi connectivity index (χ3n) is 1.12. The number of rotatable bonds is 4. The minimum atomic E-state index is -0.834. The van der Waals surface area contributed by atoms with Crippen LogP contribution in [0.5, 0.6) is 0 Å². The number of carbonyl (C=O) groups is 1. The summed E-state index contributed by atoms with van der Waals surface area (Å²) in [5.74, 6) is 1.79. The van der Waals surface area contributed by atoms with Gasteiger partial charge in [0.2, 0.25) is 0 Å². The molecule has 0 spiro atoms. The maximum Gasteiger partial charge on any atom is 0.305 e. The molecule has 0 aliphatic rings. The molecule has 62 valence electrons. The van der Waals surface area contributed by atoms with Gasteiger partial charge in [-0.25, -0.2) is 0 Å². The summed E-state index contributed by atoms with van der Waals surface area (Å²) in [7, 11) is 0. The van der Waals surface area contributed by atoms with Gasteiger partial charge in [-0.15, -0.1) is 6.42 Å². The molecule has 3 nitrogen and oxygen atoms in total. The third-order valence-corrected chi connectivity index (χ3v) is 1.12. The number of hydrogen-bond donors (Lipinski definition) is 1. The van der Waals surface area contributed by atoms with Crippen molar-refractivity contribution < 1.29 is 14.6 Å². The molecule has 0 fully saturated rings. The lowest BCUT2D eigenvalue weighted by atomic mass is 10.2. The van der Waals surface area contributed by atoms with Crippen LogP contribution in [-0.4, -0.2) is 23.8 Å². The van der Waals surface area contributed by atoms with Gasteiger partial charge in [-0.05, 0) is 13.3 Å². The number of carbonyl (C=O) groups excluding carboxylic acids is 1. The molecule has 1 atom stereocenters. The quantitative estimate of drug-likeness (QED) is 0.471. The number of aliphatic hydroxyl groups is 1. The molecule has 11 heavy (non-hydrogen) atoms. The average Bonchev–Trinajstić information content (AvgIpc) is 2.01. The van der Waals surface area contributed by atoms with Crippen molar-refractivity contribution >= 4 is 5.97 Å². The normalized spacial score (nSPS) is 11.7. The molecule has 0 aromatic rings. The molecule has 0 bridgehead atoms. The van der Waals surface area contributed by atoms with Crippen LogP contribution in [0.15, 0.2) is 0 Å². The molecule has 0 aliphatic heterocycles. The molecule has 0 radical (unpaired) electrons. The van der Waals surface area contributed by atoms with Crippen LogP contribution in [0.25, 0.3) is 0 Å². The lowest BCUT2D eigenvalue weighted by Crippen LogP contribution is -2.09. The van der Waals surface area contributed by atoms with Crippen LogP contribution in [0.4, 0.5) is 0 Å². The summed E-state index contributed by atoms with van der Waals surface area (Å²) in [5, 5.41) is 8.83. The van der Waals surface area contributed by atoms with E-state index in [0.29, 0.717) is 6.61 Å². The highest BCUT2D eigenvalue weighted by atomic mass is 16.5. The number of hydrogen-bond acceptors (Lipinski definition) is 3. The fraction of sp³-hybridized carbons (Fsp3) is 0.625. The first-order valence-corrected chi connectivity index (χ1v) is 3.50. The highest BCUT2D eigenvalue weighted by Crippen LogP contribution is 1.97. The van der Waals surface area contributed by atoms with E-state index in [1.54, 1.807) is 6.92 Å². The van der Waals surface area contributed by atoms with E-state index >= 15 is 0 Å². The van der Waals surface area contributed by atoms with Crippen LogP contribution >= 0.6 is 0 Å². The van der Waals surface area contributed by atoms with Crippen molar-refractivity contribution in [2.75, 3.05) is 6.61 Å². The highest BCUT2D eigenvalue weighted by Gasteiger charge is 2.04. The van der Waals surface area contributed by atoms with E-state index in [9.17, 15) is 4.79 Å². The van der Waals surface area contributed by atoms with Crippen LogP contribution in [0.1, 0.15) is 19.8 Å². The van der Waals surface area contributed by atoms with E-state index in [-0.39, 0.29) is 18.8 Å². The lowest BCUT2D eigenvalue weighted by Gasteiger charge is -2.02. The van der Waals surface area contributed by atoms with Crippen molar-refractivity contribution in [2.24, 2.45) is 0 Å². The smallest absolute Gasteiger partial charge is 0.305 e. The minimum Gasteiger partial charge on any atom is -0.466 e. The molecule has 0 rings (SSSR count). The molecule has 3 heteroatoms. The third kappa shape index (κ3) is 5.43. The number of esters is 1. The Bertz CT molecular complexity index is 157. The second-order valence-corrected chi connectivity index (χ2v) is 2.03. The lowest BCUT2D eigenvalue weighted by molar-refractivity contribution is -0.143. The van der Waals surface area contributed by atoms with Gasteiger partial charge in [-0.2, -0.15) is 0 Å². The molecule has 0 aromatic heterocycles. The topological polar surface area (TPSA) is 46.5 Å². The molecule has 0 aliphatic carbocycles. The Labute approximate surface area is 66.4 Å². The largest absolute Gasteiger partial charge is 0.466 e. The molecular weight excluding hydrogens is 144 g/mol. The Morgan fingerprint density at radius 3 is 2.91 bits per heavy atom. The maximum atomic E-state index is 10.7. The Kier molecular flexibility index (Phi) is 5.22. The molecule has 1 N–H and O–H groups in total. The molecule has 0 saturated heterocycles. The first kappa shape index (κ1) is 9.99. The van der Waals surface area contributed by atoms with Crippen molar-refractivity contribution in [2.45, 2.75) is 25.9 Å². The summed E-state index contributed by atoms with van der Waals surface area (Å²) < 4.78 is 4.62. The summed E-state index contributed by atoms with van der Waals surface area (Å²) in [5.41, 5.74) is 0. The zero-order chi connectivity index (χ0) is 8.69. The molecule has 0 saturated carbocycles. The fourth-order valence-corrected chi connectivity index (χ4v) is 0.571. The summed E-state index contributed by atoms with van der Waals surface area (Å²) in [4.78, 5) is 10.7. The fourth-order valence-electron chi connectivity index (χ4n) is 0.571. The second kappa shape index (κ2) is 5.75. The molecule has 0 amide bonds. The average molecular weight is 156 g/mol. The van der Waals surface area contributed by atoms with Gasteiger partial charge in [0, 0.05) is 6.42 Å². The number of ether oxygens (including phenoxy) is 1. The van der Waals surface area contributed by atoms with Gasteiger partial charge in [0.25, 0.3) is 0 Å².